The van der Waals surface area contributed by atoms with Crippen LogP contribution in [-0.2, 0) is 0 Å². The van der Waals surface area contributed by atoms with Crippen molar-refractivity contribution < 1.29 is 33.1 Å². The van der Waals surface area contributed by atoms with Gasteiger partial charge in [-0.1, -0.05) is 194 Å². The second-order valence-electron chi connectivity index (χ2n) is 19.1. The number of nitrogens with one attached hydrogen (secondary N) is 2. The molecule has 4 aromatic rings. The molecule has 0 saturated heterocycles. The number of nitrogens with zero attached hydrogens (tertiary/aromatic N) is 3. The second-order valence-corrected chi connectivity index (χ2v) is 19.1. The third-order valence-corrected chi connectivity index (χ3v) is 13.0. The number of benzene rings is 3. The lowest BCUT2D eigenvalue weighted by molar-refractivity contribution is -0.384. The number of ether oxygens (including phenoxy) is 3. The lowest BCUT2D eigenvalue weighted by Gasteiger charge is -2.18. The maximum atomic E-state index is 12.9. The highest BCUT2D eigenvalue weighted by atomic mass is 16.6. The summed E-state index contributed by atoms with van der Waals surface area (Å²) in [5, 5.41) is 19.8. The van der Waals surface area contributed by atoms with Gasteiger partial charge in [-0.25, -0.2) is 0 Å². The Morgan fingerprint density at radius 3 is 1.15 bits per heavy atom. The number of nitro benzene ring substituents is 1. The normalized spacial score (nSPS) is 11.1. The zero-order valence-electron chi connectivity index (χ0n) is 43.7. The zero-order chi connectivity index (χ0) is 50.6. The molecule has 392 valence electrons. The van der Waals surface area contributed by atoms with E-state index in [1.54, 1.807) is 24.3 Å². The molecule has 0 fully saturated rings. The van der Waals surface area contributed by atoms with Gasteiger partial charge in [0.15, 0.2) is 11.5 Å². The SMILES string of the molecule is CCCCCCCCCCCCOc1cc(-c2nnc(-c3ccc(C(=O)NNC(=O)c4ccc([N+](=O)[O-])cc4)cc3)o2)cc(OCCCCCCCCCCCC)c1OCCCCCCCCCCCC. The molecule has 0 unspecified atom stereocenters. The van der Waals surface area contributed by atoms with Crippen LogP contribution < -0.4 is 25.1 Å². The van der Waals surface area contributed by atoms with E-state index >= 15 is 0 Å². The predicted octanol–water partition coefficient (Wildman–Crippen LogP) is 16.3. The van der Waals surface area contributed by atoms with Gasteiger partial charge >= 0.3 is 0 Å². The predicted molar refractivity (Wildman–Crippen MR) is 285 cm³/mol. The summed E-state index contributed by atoms with van der Waals surface area (Å²) in [4.78, 5) is 35.9. The molecule has 0 saturated carbocycles. The zero-order valence-corrected chi connectivity index (χ0v) is 43.7. The highest BCUT2D eigenvalue weighted by Crippen LogP contribution is 2.42. The average Bonchev–Trinajstić information content (AvgIpc) is 3.89. The average molecular weight is 982 g/mol. The fourth-order valence-electron chi connectivity index (χ4n) is 8.58. The molecule has 3 aromatic carbocycles. The summed E-state index contributed by atoms with van der Waals surface area (Å²) in [6, 6.07) is 15.5. The monoisotopic (exact) mass is 982 g/mol. The van der Waals surface area contributed by atoms with Gasteiger partial charge in [-0.15, -0.1) is 10.2 Å². The van der Waals surface area contributed by atoms with Crippen molar-refractivity contribution in [1.29, 1.82) is 0 Å². The molecular weight excluding hydrogens is 895 g/mol. The van der Waals surface area contributed by atoms with Crippen LogP contribution in [0.25, 0.3) is 22.9 Å². The number of carbonyl (C=O) groups excluding carboxylic acids is 2. The summed E-state index contributed by atoms with van der Waals surface area (Å²) in [5.74, 6) is 1.24. The number of rotatable bonds is 41. The van der Waals surface area contributed by atoms with Gasteiger partial charge in [-0.3, -0.25) is 30.6 Å². The first-order chi connectivity index (χ1) is 34.8. The lowest BCUT2D eigenvalue weighted by atomic mass is 10.1. The van der Waals surface area contributed by atoms with Gasteiger partial charge in [-0.2, -0.15) is 0 Å². The summed E-state index contributed by atoms with van der Waals surface area (Å²) < 4.78 is 26.1. The molecule has 13 heteroatoms. The van der Waals surface area contributed by atoms with Crippen LogP contribution in [0, 0.1) is 10.1 Å². The van der Waals surface area contributed by atoms with E-state index in [4.69, 9.17) is 18.6 Å². The molecule has 0 aliphatic rings. The minimum absolute atomic E-state index is 0.140. The molecule has 0 spiro atoms. The van der Waals surface area contributed by atoms with E-state index in [1.807, 2.05) is 12.1 Å². The molecule has 0 radical (unpaired) electrons. The van der Waals surface area contributed by atoms with Gasteiger partial charge in [0.25, 0.3) is 17.5 Å². The van der Waals surface area contributed by atoms with Crippen LogP contribution in [0.2, 0.25) is 0 Å². The Kier molecular flexibility index (Phi) is 29.8. The Morgan fingerprint density at radius 2 is 0.789 bits per heavy atom. The Morgan fingerprint density at radius 1 is 0.465 bits per heavy atom. The number of hydrazine groups is 1. The second kappa shape index (κ2) is 36.5. The summed E-state index contributed by atoms with van der Waals surface area (Å²) >= 11 is 0. The minimum atomic E-state index is -0.614. The number of carbonyl (C=O) groups is 2. The largest absolute Gasteiger partial charge is 0.490 e. The van der Waals surface area contributed by atoms with Crippen molar-refractivity contribution in [1.82, 2.24) is 21.0 Å². The Balaban J connectivity index is 1.45. The van der Waals surface area contributed by atoms with E-state index in [-0.39, 0.29) is 22.7 Å². The first-order valence-corrected chi connectivity index (χ1v) is 27.7. The summed E-state index contributed by atoms with van der Waals surface area (Å²) in [6.45, 7) is 8.48. The Bertz CT molecular complexity index is 2010. The van der Waals surface area contributed by atoms with E-state index in [0.717, 1.165) is 38.5 Å². The van der Waals surface area contributed by atoms with Crippen molar-refractivity contribution in [2.45, 2.75) is 213 Å². The highest BCUT2D eigenvalue weighted by molar-refractivity contribution is 5.99. The first kappa shape index (κ1) is 58.1. The van der Waals surface area contributed by atoms with Gasteiger partial charge < -0.3 is 18.6 Å². The van der Waals surface area contributed by atoms with Crippen molar-refractivity contribution in [3.8, 4) is 40.2 Å². The van der Waals surface area contributed by atoms with E-state index in [9.17, 15) is 19.7 Å². The maximum Gasteiger partial charge on any atom is 0.269 e. The molecule has 0 bridgehead atoms. The molecule has 1 heterocycles. The van der Waals surface area contributed by atoms with Crippen molar-refractivity contribution in [2.24, 2.45) is 0 Å². The van der Waals surface area contributed by atoms with E-state index in [1.165, 1.54) is 178 Å². The number of amides is 2. The van der Waals surface area contributed by atoms with Crippen LogP contribution in [0.15, 0.2) is 65.1 Å². The molecule has 71 heavy (non-hydrogen) atoms. The quantitative estimate of drug-likeness (QED) is 0.0248. The maximum absolute atomic E-state index is 12.9. The van der Waals surface area contributed by atoms with Crippen molar-refractivity contribution in [2.75, 3.05) is 19.8 Å². The van der Waals surface area contributed by atoms with Gasteiger partial charge in [0.05, 0.1) is 24.7 Å². The summed E-state index contributed by atoms with van der Waals surface area (Å²) in [6.07, 6.45) is 37.3. The van der Waals surface area contributed by atoms with Crippen LogP contribution >= 0.6 is 0 Å². The fraction of sp³-hybridized carbons (Fsp3) is 0.621. The van der Waals surface area contributed by atoms with E-state index in [2.05, 4.69) is 41.8 Å². The van der Waals surface area contributed by atoms with Crippen LogP contribution in [0.4, 0.5) is 5.69 Å². The van der Waals surface area contributed by atoms with E-state index in [0.29, 0.717) is 54.1 Å². The molecule has 13 nitrogen and oxygen atoms in total. The van der Waals surface area contributed by atoms with Crippen LogP contribution in [-0.4, -0.2) is 46.8 Å². The lowest BCUT2D eigenvalue weighted by Crippen LogP contribution is -2.41. The van der Waals surface area contributed by atoms with E-state index < -0.39 is 16.7 Å². The molecule has 1 aromatic heterocycles. The Hall–Kier alpha value is -5.46. The van der Waals surface area contributed by atoms with Crippen LogP contribution in [0.1, 0.15) is 234 Å². The fourth-order valence-corrected chi connectivity index (χ4v) is 8.58. The Labute approximate surface area is 425 Å². The van der Waals surface area contributed by atoms with Gasteiger partial charge in [-0.05, 0) is 67.8 Å². The number of aromatic nitrogens is 2. The smallest absolute Gasteiger partial charge is 0.269 e. The number of hydrogen-bond donors (Lipinski definition) is 2. The summed E-state index contributed by atoms with van der Waals surface area (Å²) in [5.41, 5.74) is 6.28. The third-order valence-electron chi connectivity index (χ3n) is 13.0. The number of hydrogen-bond acceptors (Lipinski definition) is 10. The van der Waals surface area contributed by atoms with Crippen LogP contribution in [0.5, 0.6) is 17.2 Å². The standard InChI is InChI=1S/C58H87N5O8/c1-4-7-10-13-16-19-22-25-28-31-42-68-52-45-50(58-62-61-57(71-58)49-36-34-47(35-37-49)55(64)59-60-56(65)48-38-40-51(41-39-48)63(66)67)46-53(69-43-32-29-26-23-20-17-14-11-8-5-2)54(52)70-44-33-30-27-24-21-18-15-12-9-6-3/h34-41,45-46H,4-33,42-44H2,1-3H3,(H,59,64)(H,60,65). The molecular formula is C58H87N5O8. The molecule has 0 aliphatic carbocycles. The van der Waals surface area contributed by atoms with Gasteiger partial charge in [0.2, 0.25) is 17.5 Å². The molecule has 2 amide bonds. The van der Waals surface area contributed by atoms with Crippen LogP contribution in [0.3, 0.4) is 0 Å². The first-order valence-electron chi connectivity index (χ1n) is 27.7. The summed E-state index contributed by atoms with van der Waals surface area (Å²) in [7, 11) is 0. The number of unbranched alkanes of at least 4 members (excludes halogenated alkanes) is 27. The molecule has 0 atom stereocenters. The molecule has 0 aliphatic heterocycles. The topological polar surface area (TPSA) is 168 Å². The number of nitro groups is 1. The van der Waals surface area contributed by atoms with Gasteiger partial charge in [0.1, 0.15) is 0 Å². The molecule has 4 rings (SSSR count). The van der Waals surface area contributed by atoms with Crippen molar-refractivity contribution in [3.05, 3.63) is 81.9 Å². The number of non-ortho nitro benzene ring substituents is 1. The van der Waals surface area contributed by atoms with Crippen molar-refractivity contribution in [3.63, 3.8) is 0 Å². The highest BCUT2D eigenvalue weighted by Gasteiger charge is 2.21. The van der Waals surface area contributed by atoms with Crippen molar-refractivity contribution >= 4 is 17.5 Å². The molecule has 2 N–H and O–H groups in total. The minimum Gasteiger partial charge on any atom is -0.490 e. The van der Waals surface area contributed by atoms with Gasteiger partial charge in [0, 0.05) is 34.4 Å². The third kappa shape index (κ3) is 23.5.